The van der Waals surface area contributed by atoms with Gasteiger partial charge in [-0.15, -0.1) is 0 Å². The molecule has 2 aromatic carbocycles. The molecule has 0 saturated carbocycles. The lowest BCUT2D eigenvalue weighted by atomic mass is 10.0. The molecule has 0 aliphatic carbocycles. The minimum Gasteiger partial charge on any atom is -0.489 e. The third-order valence-electron chi connectivity index (χ3n) is 3.66. The van der Waals surface area contributed by atoms with E-state index < -0.39 is 0 Å². The Labute approximate surface area is 124 Å². The van der Waals surface area contributed by atoms with Gasteiger partial charge in [-0.3, -0.25) is 4.79 Å². The predicted molar refractivity (Wildman–Crippen MR) is 83.6 cm³/mol. The highest BCUT2D eigenvalue weighted by Crippen LogP contribution is 2.27. The van der Waals surface area contributed by atoms with Crippen molar-refractivity contribution in [1.82, 2.24) is 0 Å². The first-order valence-corrected chi connectivity index (χ1v) is 7.23. The second kappa shape index (κ2) is 5.60. The highest BCUT2D eigenvalue weighted by Gasteiger charge is 2.15. The number of ether oxygens (including phenoxy) is 1. The molecule has 21 heavy (non-hydrogen) atoms. The van der Waals surface area contributed by atoms with Crippen LogP contribution in [-0.4, -0.2) is 5.91 Å². The number of anilines is 1. The van der Waals surface area contributed by atoms with Crippen LogP contribution in [0.2, 0.25) is 0 Å². The Kier molecular flexibility index (Phi) is 3.65. The third kappa shape index (κ3) is 3.24. The number of carbonyl (C=O) groups excluding carboxylic acids is 1. The van der Waals surface area contributed by atoms with Crippen LogP contribution in [0.15, 0.2) is 36.4 Å². The van der Waals surface area contributed by atoms with Crippen LogP contribution in [0.25, 0.3) is 0 Å². The van der Waals surface area contributed by atoms with Crippen molar-refractivity contribution in [3.63, 3.8) is 0 Å². The van der Waals surface area contributed by atoms with E-state index in [1.165, 1.54) is 16.7 Å². The number of rotatable bonds is 3. The maximum atomic E-state index is 11.4. The van der Waals surface area contributed by atoms with Gasteiger partial charge in [-0.2, -0.15) is 0 Å². The molecule has 0 radical (unpaired) electrons. The lowest BCUT2D eigenvalue weighted by molar-refractivity contribution is -0.116. The highest BCUT2D eigenvalue weighted by molar-refractivity contribution is 5.94. The molecule has 3 nitrogen and oxygen atoms in total. The smallest absolute Gasteiger partial charge is 0.224 e. The number of benzene rings is 2. The Hall–Kier alpha value is -2.29. The van der Waals surface area contributed by atoms with Crippen molar-refractivity contribution >= 4 is 11.6 Å². The topological polar surface area (TPSA) is 38.3 Å². The van der Waals surface area contributed by atoms with Gasteiger partial charge < -0.3 is 10.1 Å². The second-order valence-electron chi connectivity index (χ2n) is 5.65. The van der Waals surface area contributed by atoms with E-state index in [-0.39, 0.29) is 5.91 Å². The summed E-state index contributed by atoms with van der Waals surface area (Å²) in [6.07, 6.45) is 1.37. The highest BCUT2D eigenvalue weighted by atomic mass is 16.5. The molecule has 1 aliphatic heterocycles. The van der Waals surface area contributed by atoms with Gasteiger partial charge in [0.15, 0.2) is 0 Å². The monoisotopic (exact) mass is 281 g/mol. The third-order valence-corrected chi connectivity index (χ3v) is 3.66. The van der Waals surface area contributed by atoms with Crippen molar-refractivity contribution in [3.8, 4) is 5.75 Å². The van der Waals surface area contributed by atoms with E-state index in [1.807, 2.05) is 18.2 Å². The second-order valence-corrected chi connectivity index (χ2v) is 5.65. The molecule has 3 rings (SSSR count). The molecular formula is C18H19NO2. The summed E-state index contributed by atoms with van der Waals surface area (Å²) in [5.74, 6) is 0.865. The van der Waals surface area contributed by atoms with Crippen LogP contribution in [0, 0.1) is 13.8 Å². The van der Waals surface area contributed by atoms with Gasteiger partial charge in [-0.25, -0.2) is 0 Å². The van der Waals surface area contributed by atoms with E-state index in [0.29, 0.717) is 13.0 Å². The van der Waals surface area contributed by atoms with E-state index in [9.17, 15) is 4.79 Å². The molecule has 1 aliphatic rings. The van der Waals surface area contributed by atoms with Crippen molar-refractivity contribution in [2.24, 2.45) is 0 Å². The molecule has 0 fully saturated rings. The normalized spacial score (nSPS) is 13.5. The zero-order valence-electron chi connectivity index (χ0n) is 12.4. The van der Waals surface area contributed by atoms with Crippen LogP contribution in [-0.2, 0) is 17.8 Å². The number of hydrogen-bond donors (Lipinski definition) is 1. The fraction of sp³-hybridized carbons (Fsp3) is 0.278. The van der Waals surface area contributed by atoms with Crippen LogP contribution in [0.4, 0.5) is 5.69 Å². The molecule has 3 heteroatoms. The standard InChI is InChI=1S/C18H19NO2/c1-12-7-13(2)9-14(8-12)11-21-16-5-3-15-4-6-18(20)19-17(15)10-16/h3,5,7-10H,4,6,11H2,1-2H3,(H,19,20). The lowest BCUT2D eigenvalue weighted by Gasteiger charge is -2.18. The largest absolute Gasteiger partial charge is 0.489 e. The van der Waals surface area contributed by atoms with Gasteiger partial charge in [0, 0.05) is 18.2 Å². The lowest BCUT2D eigenvalue weighted by Crippen LogP contribution is -2.18. The molecule has 0 atom stereocenters. The Morgan fingerprint density at radius 3 is 2.57 bits per heavy atom. The summed E-state index contributed by atoms with van der Waals surface area (Å²) in [4.78, 5) is 11.4. The predicted octanol–water partition coefficient (Wildman–Crippen LogP) is 3.77. The number of aryl methyl sites for hydroxylation is 3. The molecule has 0 saturated heterocycles. The molecule has 0 aromatic heterocycles. The average Bonchev–Trinajstić information content (AvgIpc) is 2.43. The quantitative estimate of drug-likeness (QED) is 0.930. The van der Waals surface area contributed by atoms with E-state index >= 15 is 0 Å². The van der Waals surface area contributed by atoms with E-state index in [2.05, 4.69) is 37.4 Å². The first-order valence-electron chi connectivity index (χ1n) is 7.23. The zero-order valence-corrected chi connectivity index (χ0v) is 12.4. The molecule has 0 bridgehead atoms. The van der Waals surface area contributed by atoms with Gasteiger partial charge in [0.05, 0.1) is 0 Å². The van der Waals surface area contributed by atoms with E-state index in [1.54, 1.807) is 0 Å². The summed E-state index contributed by atoms with van der Waals surface area (Å²) < 4.78 is 5.85. The van der Waals surface area contributed by atoms with Crippen molar-refractivity contribution in [2.45, 2.75) is 33.3 Å². The molecule has 1 heterocycles. The molecule has 1 N–H and O–H groups in total. The number of carbonyl (C=O) groups is 1. The fourth-order valence-electron chi connectivity index (χ4n) is 2.76. The Morgan fingerprint density at radius 2 is 1.81 bits per heavy atom. The Bertz CT molecular complexity index is 671. The molecular weight excluding hydrogens is 262 g/mol. The fourth-order valence-corrected chi connectivity index (χ4v) is 2.76. The Balaban J connectivity index is 1.73. The minimum atomic E-state index is 0.0777. The van der Waals surface area contributed by atoms with E-state index in [4.69, 9.17) is 4.74 Å². The summed E-state index contributed by atoms with van der Waals surface area (Å²) in [7, 11) is 0. The molecule has 108 valence electrons. The average molecular weight is 281 g/mol. The Morgan fingerprint density at radius 1 is 1.05 bits per heavy atom. The zero-order chi connectivity index (χ0) is 14.8. The maximum absolute atomic E-state index is 11.4. The van der Waals surface area contributed by atoms with Crippen LogP contribution < -0.4 is 10.1 Å². The molecule has 1 amide bonds. The van der Waals surface area contributed by atoms with Crippen LogP contribution in [0.1, 0.15) is 28.7 Å². The minimum absolute atomic E-state index is 0.0777. The van der Waals surface area contributed by atoms with Crippen molar-refractivity contribution in [2.75, 3.05) is 5.32 Å². The summed E-state index contributed by atoms with van der Waals surface area (Å²) in [5.41, 5.74) is 5.70. The number of nitrogens with one attached hydrogen (secondary N) is 1. The van der Waals surface area contributed by atoms with Gasteiger partial charge in [0.2, 0.25) is 5.91 Å². The van der Waals surface area contributed by atoms with Gasteiger partial charge >= 0.3 is 0 Å². The number of hydrogen-bond acceptors (Lipinski definition) is 2. The number of fused-ring (bicyclic) bond motifs is 1. The summed E-state index contributed by atoms with van der Waals surface area (Å²) in [6, 6.07) is 12.3. The van der Waals surface area contributed by atoms with E-state index in [0.717, 1.165) is 23.4 Å². The summed E-state index contributed by atoms with van der Waals surface area (Å²) in [6.45, 7) is 4.71. The maximum Gasteiger partial charge on any atom is 0.224 e. The molecule has 0 spiro atoms. The van der Waals surface area contributed by atoms with Crippen LogP contribution in [0.5, 0.6) is 5.75 Å². The summed E-state index contributed by atoms with van der Waals surface area (Å²) in [5, 5.41) is 2.90. The van der Waals surface area contributed by atoms with Gasteiger partial charge in [-0.05, 0) is 37.5 Å². The van der Waals surface area contributed by atoms with Gasteiger partial charge in [0.25, 0.3) is 0 Å². The molecule has 0 unspecified atom stereocenters. The van der Waals surface area contributed by atoms with Gasteiger partial charge in [-0.1, -0.05) is 35.4 Å². The first kappa shape index (κ1) is 13.7. The first-order chi connectivity index (χ1) is 10.1. The summed E-state index contributed by atoms with van der Waals surface area (Å²) >= 11 is 0. The number of amides is 1. The van der Waals surface area contributed by atoms with Crippen LogP contribution in [0.3, 0.4) is 0 Å². The van der Waals surface area contributed by atoms with Crippen molar-refractivity contribution in [1.29, 1.82) is 0 Å². The van der Waals surface area contributed by atoms with Crippen LogP contribution >= 0.6 is 0 Å². The van der Waals surface area contributed by atoms with Crippen molar-refractivity contribution in [3.05, 3.63) is 58.7 Å². The van der Waals surface area contributed by atoms with Crippen molar-refractivity contribution < 1.29 is 9.53 Å². The SMILES string of the molecule is Cc1cc(C)cc(COc2ccc3c(c2)NC(=O)CC3)c1. The molecule has 2 aromatic rings. The van der Waals surface area contributed by atoms with Gasteiger partial charge in [0.1, 0.15) is 12.4 Å².